The van der Waals surface area contributed by atoms with Gasteiger partial charge in [-0.1, -0.05) is 36.5 Å². The fourth-order valence-corrected chi connectivity index (χ4v) is 2.86. The van der Waals surface area contributed by atoms with Gasteiger partial charge in [-0.2, -0.15) is 0 Å². The molecule has 0 unspecified atom stereocenters. The van der Waals surface area contributed by atoms with Crippen LogP contribution < -0.4 is 15.6 Å². The molecule has 2 aromatic carbocycles. The van der Waals surface area contributed by atoms with Crippen LogP contribution in [-0.2, 0) is 0 Å². The molecule has 0 aliphatic rings. The third-order valence-electron chi connectivity index (χ3n) is 4.24. The molecule has 0 aliphatic carbocycles. The van der Waals surface area contributed by atoms with Crippen LogP contribution in [0.5, 0.6) is 5.75 Å². The Hall–Kier alpha value is -3.28. The van der Waals surface area contributed by atoms with E-state index in [4.69, 9.17) is 15.6 Å². The van der Waals surface area contributed by atoms with E-state index in [0.29, 0.717) is 11.4 Å². The topological polar surface area (TPSA) is 73.6 Å². The zero-order valence-corrected chi connectivity index (χ0v) is 19.0. The number of ether oxygens (including phenoxy) is 1. The van der Waals surface area contributed by atoms with Crippen LogP contribution in [0.1, 0.15) is 26.3 Å². The van der Waals surface area contributed by atoms with E-state index in [1.807, 2.05) is 87.5 Å². The second-order valence-corrected chi connectivity index (χ2v) is 7.55. The molecule has 160 valence electrons. The van der Waals surface area contributed by atoms with Gasteiger partial charge in [-0.05, 0) is 98.5 Å². The maximum atomic E-state index is 6.07. The van der Waals surface area contributed by atoms with Gasteiger partial charge in [0.15, 0.2) is 0 Å². The van der Waals surface area contributed by atoms with Gasteiger partial charge in [-0.25, -0.2) is 0 Å². The number of nitrogens with zero attached hydrogens (tertiary/aromatic N) is 1. The number of allylic oxidation sites excluding steroid dienone is 8. The molecule has 2 rings (SSSR count). The Balaban J connectivity index is 2.19. The summed E-state index contributed by atoms with van der Waals surface area (Å²) in [7, 11) is 0. The van der Waals surface area contributed by atoms with Crippen molar-refractivity contribution in [2.24, 2.45) is 10.1 Å². The average molecular weight is 432 g/mol. The highest BCUT2D eigenvalue weighted by Gasteiger charge is 2.01. The molecule has 31 heavy (non-hydrogen) atoms. The number of hydrogen-bond donors (Lipinski definition) is 2. The molecule has 0 fully saturated rings. The van der Waals surface area contributed by atoms with Crippen LogP contribution in [0.2, 0.25) is 0 Å². The van der Waals surface area contributed by atoms with E-state index in [-0.39, 0.29) is 0 Å². The number of aliphatic imine (C=N–C) groups is 1. The largest absolute Gasteiger partial charge is 0.457 e. The summed E-state index contributed by atoms with van der Waals surface area (Å²) in [4.78, 5) is 5.39. The molecule has 0 saturated heterocycles. The Bertz CT molecular complexity index is 1040. The van der Waals surface area contributed by atoms with E-state index in [9.17, 15) is 0 Å². The van der Waals surface area contributed by atoms with Crippen LogP contribution in [0.25, 0.3) is 0 Å². The molecule has 0 atom stereocenters. The minimum Gasteiger partial charge on any atom is -0.457 e. The SMILES string of the molecule is C=C/C(C)=C/C(=C\C=C(C)\C=C/C)Oc1ccc(C=Nc2cc(SN)ccc2N)cc1. The number of benzene rings is 2. The van der Waals surface area contributed by atoms with Crippen LogP contribution in [0.4, 0.5) is 11.4 Å². The zero-order chi connectivity index (χ0) is 22.6. The lowest BCUT2D eigenvalue weighted by Crippen LogP contribution is -1.94. The Morgan fingerprint density at radius 1 is 1.06 bits per heavy atom. The summed E-state index contributed by atoms with van der Waals surface area (Å²) >= 11 is 1.16. The summed E-state index contributed by atoms with van der Waals surface area (Å²) in [5.41, 5.74) is 10.4. The number of nitrogens with two attached hydrogens (primary N) is 2. The molecule has 0 spiro atoms. The Morgan fingerprint density at radius 2 is 1.81 bits per heavy atom. The molecule has 0 aromatic heterocycles. The van der Waals surface area contributed by atoms with Crippen molar-refractivity contribution >= 4 is 29.5 Å². The highest BCUT2D eigenvalue weighted by atomic mass is 32.2. The highest BCUT2D eigenvalue weighted by molar-refractivity contribution is 7.97. The lowest BCUT2D eigenvalue weighted by Gasteiger charge is -2.08. The molecule has 2 aromatic rings. The third-order valence-corrected chi connectivity index (χ3v) is 4.76. The van der Waals surface area contributed by atoms with E-state index in [2.05, 4.69) is 11.6 Å². The Labute approximate surface area is 189 Å². The van der Waals surface area contributed by atoms with Crippen molar-refractivity contribution in [2.75, 3.05) is 5.73 Å². The quantitative estimate of drug-likeness (QED) is 0.149. The smallest absolute Gasteiger partial charge is 0.127 e. The summed E-state index contributed by atoms with van der Waals surface area (Å²) < 4.78 is 6.07. The van der Waals surface area contributed by atoms with Crippen LogP contribution in [0.3, 0.4) is 0 Å². The van der Waals surface area contributed by atoms with Crippen molar-refractivity contribution in [3.8, 4) is 5.75 Å². The first kappa shape index (κ1) is 24.0. The lowest BCUT2D eigenvalue weighted by atomic mass is 10.2. The van der Waals surface area contributed by atoms with E-state index < -0.39 is 0 Å². The molecule has 0 heterocycles. The van der Waals surface area contributed by atoms with Crippen LogP contribution in [0, 0.1) is 0 Å². The fourth-order valence-electron chi connectivity index (χ4n) is 2.54. The minimum absolute atomic E-state index is 0.606. The van der Waals surface area contributed by atoms with Gasteiger partial charge in [0.1, 0.15) is 11.5 Å². The van der Waals surface area contributed by atoms with Gasteiger partial charge >= 0.3 is 0 Å². The van der Waals surface area contributed by atoms with E-state index in [1.54, 1.807) is 18.4 Å². The van der Waals surface area contributed by atoms with E-state index >= 15 is 0 Å². The van der Waals surface area contributed by atoms with Gasteiger partial charge in [-0.15, -0.1) is 0 Å². The molecule has 4 nitrogen and oxygen atoms in total. The van der Waals surface area contributed by atoms with Crippen molar-refractivity contribution in [3.05, 3.63) is 108 Å². The Morgan fingerprint density at radius 3 is 2.45 bits per heavy atom. The first-order valence-corrected chi connectivity index (χ1v) is 10.7. The van der Waals surface area contributed by atoms with Crippen molar-refractivity contribution in [3.63, 3.8) is 0 Å². The molecular weight excluding hydrogens is 402 g/mol. The van der Waals surface area contributed by atoms with Gasteiger partial charge in [0.2, 0.25) is 0 Å². The van der Waals surface area contributed by atoms with Crippen LogP contribution >= 0.6 is 11.9 Å². The maximum Gasteiger partial charge on any atom is 0.127 e. The van der Waals surface area contributed by atoms with E-state index in [0.717, 1.165) is 45.1 Å². The Kier molecular flexibility index (Phi) is 9.62. The van der Waals surface area contributed by atoms with Gasteiger partial charge in [0, 0.05) is 11.1 Å². The number of anilines is 1. The summed E-state index contributed by atoms with van der Waals surface area (Å²) in [6.45, 7) is 9.83. The van der Waals surface area contributed by atoms with Crippen molar-refractivity contribution in [1.29, 1.82) is 0 Å². The maximum absolute atomic E-state index is 6.07. The second kappa shape index (κ2) is 12.4. The number of hydrogen-bond acceptors (Lipinski definition) is 5. The summed E-state index contributed by atoms with van der Waals surface area (Å²) in [6.07, 6.45) is 13.5. The van der Waals surface area contributed by atoms with Crippen molar-refractivity contribution < 1.29 is 4.74 Å². The van der Waals surface area contributed by atoms with Crippen LogP contribution in [0.15, 0.2) is 112 Å². The van der Waals surface area contributed by atoms with Gasteiger partial charge < -0.3 is 10.5 Å². The summed E-state index contributed by atoms with van der Waals surface area (Å²) in [6, 6.07) is 13.2. The van der Waals surface area contributed by atoms with Gasteiger partial charge in [0.05, 0.1) is 11.4 Å². The molecule has 0 radical (unpaired) electrons. The molecule has 0 bridgehead atoms. The monoisotopic (exact) mass is 431 g/mol. The molecule has 5 heteroatoms. The van der Waals surface area contributed by atoms with Crippen LogP contribution in [-0.4, -0.2) is 6.21 Å². The predicted molar refractivity (Wildman–Crippen MR) is 136 cm³/mol. The minimum atomic E-state index is 0.606. The highest BCUT2D eigenvalue weighted by Crippen LogP contribution is 2.26. The molecule has 4 N–H and O–H groups in total. The third kappa shape index (κ3) is 8.16. The van der Waals surface area contributed by atoms with Crippen molar-refractivity contribution in [2.45, 2.75) is 25.7 Å². The first-order valence-electron chi connectivity index (χ1n) is 9.85. The second-order valence-electron chi connectivity index (χ2n) is 6.84. The molecule has 0 saturated carbocycles. The number of nitrogen functional groups attached to an aromatic ring is 1. The fraction of sp³-hybridized carbons (Fsp3) is 0.115. The normalized spacial score (nSPS) is 13.2. The summed E-state index contributed by atoms with van der Waals surface area (Å²) in [5.74, 6) is 1.46. The molecule has 0 amide bonds. The standard InChI is InChI=1S/C26H29N3OS/c1-5-7-20(4)8-11-23(16-19(3)6-2)30-22-12-9-21(10-13-22)18-29-26-17-24(31-28)14-15-25(26)27/h5-18H,2,27-28H2,1,3-4H3/b7-5-,19-16+,20-8+,23-11+,29-18?. The lowest BCUT2D eigenvalue weighted by molar-refractivity contribution is 0.444. The first-order chi connectivity index (χ1) is 14.9. The van der Waals surface area contributed by atoms with Crippen molar-refractivity contribution in [1.82, 2.24) is 0 Å². The van der Waals surface area contributed by atoms with E-state index in [1.165, 1.54) is 0 Å². The molecular formula is C26H29N3OS. The number of rotatable bonds is 9. The zero-order valence-electron chi connectivity index (χ0n) is 18.2. The average Bonchev–Trinajstić information content (AvgIpc) is 2.78. The summed E-state index contributed by atoms with van der Waals surface area (Å²) in [5, 5.41) is 5.61. The van der Waals surface area contributed by atoms with Gasteiger partial charge in [0.25, 0.3) is 0 Å². The predicted octanol–water partition coefficient (Wildman–Crippen LogP) is 6.90. The molecule has 0 aliphatic heterocycles. The van der Waals surface area contributed by atoms with Gasteiger partial charge in [-0.3, -0.25) is 10.1 Å².